The van der Waals surface area contributed by atoms with E-state index in [9.17, 15) is 19.7 Å². The molecule has 0 amide bonds. The fourth-order valence-electron chi connectivity index (χ4n) is 2.56. The topological polar surface area (TPSA) is 176 Å². The van der Waals surface area contributed by atoms with Gasteiger partial charge in [0.2, 0.25) is 0 Å². The quantitative estimate of drug-likeness (QED) is 0.307. The minimum atomic E-state index is -4.53. The highest BCUT2D eigenvalue weighted by Gasteiger charge is 2.48. The maximum Gasteiger partial charge on any atom is 0.472 e. The van der Waals surface area contributed by atoms with Crippen LogP contribution in [0.15, 0.2) is 0 Å². The van der Waals surface area contributed by atoms with Crippen LogP contribution in [-0.2, 0) is 27.8 Å². The van der Waals surface area contributed by atoms with Crippen molar-refractivity contribution < 1.29 is 42.9 Å². The van der Waals surface area contributed by atoms with Crippen LogP contribution in [-0.4, -0.2) is 78.4 Å². The van der Waals surface area contributed by atoms with Gasteiger partial charge in [-0.15, -0.1) is 0 Å². The Bertz CT molecular complexity index is 442. The summed E-state index contributed by atoms with van der Waals surface area (Å²) in [5.41, 5.74) is 11.2. The molecule has 0 saturated carbocycles. The van der Waals surface area contributed by atoms with Gasteiger partial charge in [-0.1, -0.05) is 0 Å². The van der Waals surface area contributed by atoms with E-state index in [1.165, 1.54) is 7.11 Å². The Balaban J connectivity index is 1.92. The Morgan fingerprint density at radius 3 is 2.48 bits per heavy atom. The highest BCUT2D eigenvalue weighted by Crippen LogP contribution is 2.47. The largest absolute Gasteiger partial charge is 0.472 e. The van der Waals surface area contributed by atoms with Gasteiger partial charge in [0.1, 0.15) is 36.9 Å². The van der Waals surface area contributed by atoms with Crippen LogP contribution in [0.5, 0.6) is 0 Å². The molecule has 12 heteroatoms. The Morgan fingerprint density at radius 2 is 1.96 bits per heavy atom. The summed E-state index contributed by atoms with van der Waals surface area (Å²) in [5, 5.41) is 18.9. The van der Waals surface area contributed by atoms with E-state index in [4.69, 9.17) is 34.7 Å². The second-order valence-corrected chi connectivity index (χ2v) is 6.78. The predicted octanol–water partition coefficient (Wildman–Crippen LogP) is -2.39. The van der Waals surface area contributed by atoms with E-state index >= 15 is 0 Å². The van der Waals surface area contributed by atoms with E-state index in [0.717, 1.165) is 0 Å². The number of phosphoric acid groups is 1. The highest BCUT2D eigenvalue weighted by molar-refractivity contribution is 7.47. The number of hydrogen-bond donors (Lipinski definition) is 5. The molecule has 0 spiro atoms. The molecular formula is C11H23N2O9P. The zero-order chi connectivity index (χ0) is 17.2. The van der Waals surface area contributed by atoms with Crippen LogP contribution in [0.4, 0.5) is 0 Å². The molecule has 136 valence electrons. The molecule has 11 nitrogen and oxygen atoms in total. The average Bonchev–Trinajstić information content (AvgIpc) is 2.95. The molecule has 0 aromatic rings. The van der Waals surface area contributed by atoms with Crippen molar-refractivity contribution in [1.82, 2.24) is 0 Å². The molecule has 23 heavy (non-hydrogen) atoms. The van der Waals surface area contributed by atoms with Gasteiger partial charge in [0.05, 0.1) is 19.3 Å². The van der Waals surface area contributed by atoms with Gasteiger partial charge in [-0.3, -0.25) is 9.05 Å². The van der Waals surface area contributed by atoms with Crippen LogP contribution < -0.4 is 11.5 Å². The van der Waals surface area contributed by atoms with E-state index in [1.54, 1.807) is 0 Å². The maximum atomic E-state index is 12.1. The molecule has 0 bridgehead atoms. The summed E-state index contributed by atoms with van der Waals surface area (Å²) in [6.07, 6.45) is -5.97. The van der Waals surface area contributed by atoms with Crippen LogP contribution in [0.3, 0.4) is 0 Å². The van der Waals surface area contributed by atoms with Crippen molar-refractivity contribution in [1.29, 1.82) is 0 Å². The van der Waals surface area contributed by atoms with Gasteiger partial charge < -0.3 is 40.8 Å². The Labute approximate surface area is 133 Å². The second-order valence-electron chi connectivity index (χ2n) is 5.37. The molecule has 2 heterocycles. The average molecular weight is 358 g/mol. The van der Waals surface area contributed by atoms with Gasteiger partial charge >= 0.3 is 7.82 Å². The summed E-state index contributed by atoms with van der Waals surface area (Å²) < 4.78 is 37.3. The Kier molecular flexibility index (Phi) is 6.50. The van der Waals surface area contributed by atoms with Gasteiger partial charge in [-0.25, -0.2) is 4.57 Å². The molecule has 7 N–H and O–H groups in total. The summed E-state index contributed by atoms with van der Waals surface area (Å²) in [7, 11) is -3.20. The predicted molar refractivity (Wildman–Crippen MR) is 74.9 cm³/mol. The summed E-state index contributed by atoms with van der Waals surface area (Å²) in [5.74, 6) is 0. The molecule has 0 aromatic heterocycles. The summed E-state index contributed by atoms with van der Waals surface area (Å²) in [4.78, 5) is 9.81. The van der Waals surface area contributed by atoms with Crippen molar-refractivity contribution in [3.8, 4) is 0 Å². The summed E-state index contributed by atoms with van der Waals surface area (Å²) in [6.45, 7) is -0.860. The molecule has 2 aliphatic rings. The van der Waals surface area contributed by atoms with E-state index in [-0.39, 0.29) is 13.0 Å². The van der Waals surface area contributed by atoms with Crippen LogP contribution in [0.25, 0.3) is 0 Å². The zero-order valence-electron chi connectivity index (χ0n) is 12.6. The van der Waals surface area contributed by atoms with E-state index in [0.29, 0.717) is 0 Å². The lowest BCUT2D eigenvalue weighted by molar-refractivity contribution is -0.0412. The number of nitrogens with two attached hydrogens (primary N) is 2. The first kappa shape index (κ1) is 19.2. The van der Waals surface area contributed by atoms with Gasteiger partial charge in [0.15, 0.2) is 0 Å². The van der Waals surface area contributed by atoms with E-state index in [1.807, 2.05) is 0 Å². The Hall–Kier alpha value is -0.170. The van der Waals surface area contributed by atoms with Gasteiger partial charge in [-0.05, 0) is 0 Å². The van der Waals surface area contributed by atoms with Crippen LogP contribution in [0, 0.1) is 0 Å². The number of aliphatic hydroxyl groups is 2. The zero-order valence-corrected chi connectivity index (χ0v) is 13.5. The third-order valence-corrected chi connectivity index (χ3v) is 4.69. The van der Waals surface area contributed by atoms with Gasteiger partial charge in [0.25, 0.3) is 0 Å². The van der Waals surface area contributed by atoms with E-state index < -0.39 is 57.4 Å². The van der Waals surface area contributed by atoms with Crippen LogP contribution in [0.2, 0.25) is 0 Å². The lowest BCUT2D eigenvalue weighted by atomic mass is 10.1. The summed E-state index contributed by atoms with van der Waals surface area (Å²) in [6, 6.07) is 0. The molecule has 0 aliphatic carbocycles. The first-order valence-corrected chi connectivity index (χ1v) is 8.56. The third-order valence-electron chi connectivity index (χ3n) is 3.71. The summed E-state index contributed by atoms with van der Waals surface area (Å²) >= 11 is 0. The molecule has 8 atom stereocenters. The van der Waals surface area contributed by atoms with Crippen molar-refractivity contribution in [2.75, 3.05) is 20.3 Å². The maximum absolute atomic E-state index is 12.1. The molecule has 2 saturated heterocycles. The lowest BCUT2D eigenvalue weighted by Gasteiger charge is -2.24. The normalized spacial score (nSPS) is 43.7. The van der Waals surface area contributed by atoms with E-state index in [2.05, 4.69) is 0 Å². The SMILES string of the molecule is CO[C@H]1C(OP(=O)(O)OC[C@H]2O[C@@H](N)CC2O)[C@@H](CO)O[C@H]1N. The second kappa shape index (κ2) is 7.81. The molecule has 2 aliphatic heterocycles. The number of methoxy groups -OCH3 is 1. The number of ether oxygens (including phenoxy) is 3. The third kappa shape index (κ3) is 4.68. The van der Waals surface area contributed by atoms with Gasteiger partial charge in [0, 0.05) is 13.5 Å². The molecule has 2 fully saturated rings. The number of rotatable bonds is 7. The van der Waals surface area contributed by atoms with Crippen molar-refractivity contribution in [2.24, 2.45) is 11.5 Å². The smallest absolute Gasteiger partial charge is 0.394 e. The fraction of sp³-hybridized carbons (Fsp3) is 1.00. The molecule has 0 radical (unpaired) electrons. The monoisotopic (exact) mass is 358 g/mol. The van der Waals surface area contributed by atoms with Crippen molar-refractivity contribution in [3.63, 3.8) is 0 Å². The lowest BCUT2D eigenvalue weighted by Crippen LogP contribution is -2.40. The highest BCUT2D eigenvalue weighted by atomic mass is 31.2. The number of phosphoric ester groups is 1. The molecule has 0 aromatic carbocycles. The molecule has 2 rings (SSSR count). The van der Waals surface area contributed by atoms with Crippen molar-refractivity contribution in [2.45, 2.75) is 49.4 Å². The number of aliphatic hydroxyl groups excluding tert-OH is 2. The first-order valence-electron chi connectivity index (χ1n) is 7.07. The minimum absolute atomic E-state index is 0.203. The van der Waals surface area contributed by atoms with Gasteiger partial charge in [-0.2, -0.15) is 0 Å². The first-order chi connectivity index (χ1) is 10.8. The van der Waals surface area contributed by atoms with Crippen LogP contribution in [0.1, 0.15) is 6.42 Å². The molecular weight excluding hydrogens is 335 g/mol. The molecule has 3 unspecified atom stereocenters. The fourth-order valence-corrected chi connectivity index (χ4v) is 3.52. The number of hydrogen-bond acceptors (Lipinski definition) is 10. The minimum Gasteiger partial charge on any atom is -0.394 e. The van der Waals surface area contributed by atoms with Crippen molar-refractivity contribution >= 4 is 7.82 Å². The van der Waals surface area contributed by atoms with Crippen molar-refractivity contribution in [3.05, 3.63) is 0 Å². The Morgan fingerprint density at radius 1 is 1.26 bits per heavy atom. The standard InChI is InChI=1S/C11H23N2O9P/c1-18-10-9(6(3-14)21-11(10)13)22-23(16,17)19-4-7-5(15)2-8(12)20-7/h5-11,14-15H,2-4,12-13H2,1H3,(H,16,17)/t5?,6-,7-,8-,9?,10+,11-/m1/s1. The van der Waals surface area contributed by atoms with Crippen LogP contribution >= 0.6 is 7.82 Å².